The van der Waals surface area contributed by atoms with Crippen molar-refractivity contribution in [2.75, 3.05) is 54.0 Å². The number of likely N-dealkylation sites (tertiary alicyclic amines) is 1. The second kappa shape index (κ2) is 8.68. The Morgan fingerprint density at radius 1 is 1.42 bits per heavy atom. The van der Waals surface area contributed by atoms with E-state index in [1.807, 2.05) is 25.2 Å². The van der Waals surface area contributed by atoms with Gasteiger partial charge in [-0.05, 0) is 33.0 Å². The molecule has 2 aliphatic heterocycles. The summed E-state index contributed by atoms with van der Waals surface area (Å²) >= 11 is 0. The monoisotopic (exact) mass is 361 g/mol. The van der Waals surface area contributed by atoms with Crippen molar-refractivity contribution in [3.63, 3.8) is 0 Å². The Hall–Kier alpha value is -1.86. The van der Waals surface area contributed by atoms with Crippen LogP contribution in [-0.2, 0) is 4.74 Å². The third-order valence-electron chi connectivity index (χ3n) is 5.53. The third kappa shape index (κ3) is 4.45. The standard InChI is InChI=1S/C19H31N5O2/c1-20-18(22-15-19(23(2)3)8-12-25-13-9-19)24-11-7-16(14-24)26-17-6-4-5-10-21-17/h4-6,10,16H,7-9,11-15H2,1-3H3,(H,20,22). The van der Waals surface area contributed by atoms with Gasteiger partial charge >= 0.3 is 0 Å². The quantitative estimate of drug-likeness (QED) is 0.629. The summed E-state index contributed by atoms with van der Waals surface area (Å²) in [6, 6.07) is 5.75. The first-order chi connectivity index (χ1) is 12.6. The van der Waals surface area contributed by atoms with Crippen LogP contribution in [0.25, 0.3) is 0 Å². The van der Waals surface area contributed by atoms with Gasteiger partial charge in [-0.2, -0.15) is 0 Å². The van der Waals surface area contributed by atoms with E-state index >= 15 is 0 Å². The molecule has 3 heterocycles. The number of hydrogen-bond acceptors (Lipinski definition) is 5. The first-order valence-electron chi connectivity index (χ1n) is 9.41. The lowest BCUT2D eigenvalue weighted by Crippen LogP contribution is -2.57. The smallest absolute Gasteiger partial charge is 0.213 e. The maximum Gasteiger partial charge on any atom is 0.213 e. The molecule has 2 fully saturated rings. The summed E-state index contributed by atoms with van der Waals surface area (Å²) in [6.45, 7) is 4.28. The number of hydrogen-bond donors (Lipinski definition) is 1. The molecule has 0 bridgehead atoms. The molecule has 0 aromatic carbocycles. The average Bonchev–Trinajstić information content (AvgIpc) is 3.12. The van der Waals surface area contributed by atoms with Crippen LogP contribution >= 0.6 is 0 Å². The van der Waals surface area contributed by atoms with Crippen LogP contribution in [-0.4, -0.2) is 86.4 Å². The van der Waals surface area contributed by atoms with Crippen LogP contribution in [0, 0.1) is 0 Å². The zero-order valence-electron chi connectivity index (χ0n) is 16.1. The summed E-state index contributed by atoms with van der Waals surface area (Å²) in [7, 11) is 6.16. The highest BCUT2D eigenvalue weighted by Crippen LogP contribution is 2.25. The Balaban J connectivity index is 1.54. The predicted octanol–water partition coefficient (Wildman–Crippen LogP) is 1.22. The molecule has 1 atom stereocenters. The fourth-order valence-electron chi connectivity index (χ4n) is 3.71. The zero-order chi connectivity index (χ0) is 18.4. The fourth-order valence-corrected chi connectivity index (χ4v) is 3.71. The van der Waals surface area contributed by atoms with Crippen LogP contribution < -0.4 is 10.1 Å². The van der Waals surface area contributed by atoms with E-state index in [-0.39, 0.29) is 11.6 Å². The molecule has 2 saturated heterocycles. The zero-order valence-corrected chi connectivity index (χ0v) is 16.1. The van der Waals surface area contributed by atoms with E-state index in [1.165, 1.54) is 0 Å². The Kier molecular flexibility index (Phi) is 6.32. The van der Waals surface area contributed by atoms with Crippen molar-refractivity contribution in [1.82, 2.24) is 20.1 Å². The molecule has 0 amide bonds. The van der Waals surface area contributed by atoms with Crippen LogP contribution in [0.15, 0.2) is 29.4 Å². The Labute approximate surface area is 156 Å². The van der Waals surface area contributed by atoms with E-state index in [1.54, 1.807) is 6.20 Å². The number of ether oxygens (including phenoxy) is 2. The van der Waals surface area contributed by atoms with Gasteiger partial charge in [0, 0.05) is 57.6 Å². The van der Waals surface area contributed by atoms with Gasteiger partial charge in [0.25, 0.3) is 0 Å². The third-order valence-corrected chi connectivity index (χ3v) is 5.53. The summed E-state index contributed by atoms with van der Waals surface area (Å²) in [4.78, 5) is 13.4. The molecular weight excluding hydrogens is 330 g/mol. The van der Waals surface area contributed by atoms with Gasteiger partial charge in [0.2, 0.25) is 5.88 Å². The maximum atomic E-state index is 5.99. The molecule has 7 heteroatoms. The number of likely N-dealkylation sites (N-methyl/N-ethyl adjacent to an activating group) is 1. The minimum absolute atomic E-state index is 0.123. The molecule has 7 nitrogen and oxygen atoms in total. The van der Waals surface area contributed by atoms with Crippen LogP contribution in [0.1, 0.15) is 19.3 Å². The van der Waals surface area contributed by atoms with E-state index in [4.69, 9.17) is 9.47 Å². The second-order valence-corrected chi connectivity index (χ2v) is 7.27. The van der Waals surface area contributed by atoms with Gasteiger partial charge in [-0.3, -0.25) is 4.99 Å². The molecule has 26 heavy (non-hydrogen) atoms. The number of pyridine rings is 1. The van der Waals surface area contributed by atoms with Crippen molar-refractivity contribution in [2.24, 2.45) is 4.99 Å². The molecule has 0 radical (unpaired) electrons. The van der Waals surface area contributed by atoms with Gasteiger partial charge in [-0.1, -0.05) is 6.07 Å². The lowest BCUT2D eigenvalue weighted by molar-refractivity contribution is -0.00522. The summed E-state index contributed by atoms with van der Waals surface area (Å²) < 4.78 is 11.6. The lowest BCUT2D eigenvalue weighted by Gasteiger charge is -2.43. The highest BCUT2D eigenvalue weighted by molar-refractivity contribution is 5.80. The number of nitrogens with zero attached hydrogens (tertiary/aromatic N) is 4. The van der Waals surface area contributed by atoms with Crippen LogP contribution in [0.3, 0.4) is 0 Å². The molecule has 0 aliphatic carbocycles. The fraction of sp³-hybridized carbons (Fsp3) is 0.684. The summed E-state index contributed by atoms with van der Waals surface area (Å²) in [6.07, 6.45) is 4.96. The lowest BCUT2D eigenvalue weighted by atomic mass is 9.88. The maximum absolute atomic E-state index is 5.99. The van der Waals surface area contributed by atoms with Crippen LogP contribution in [0.2, 0.25) is 0 Å². The number of aliphatic imine (C=N–C) groups is 1. The predicted molar refractivity (Wildman–Crippen MR) is 103 cm³/mol. The van der Waals surface area contributed by atoms with Crippen LogP contribution in [0.5, 0.6) is 5.88 Å². The first-order valence-corrected chi connectivity index (χ1v) is 9.41. The van der Waals surface area contributed by atoms with Gasteiger partial charge < -0.3 is 24.6 Å². The largest absolute Gasteiger partial charge is 0.472 e. The molecule has 1 aromatic heterocycles. The van der Waals surface area contributed by atoms with Gasteiger partial charge in [-0.15, -0.1) is 0 Å². The van der Waals surface area contributed by atoms with E-state index in [0.29, 0.717) is 5.88 Å². The van der Waals surface area contributed by atoms with E-state index < -0.39 is 0 Å². The topological polar surface area (TPSA) is 62.2 Å². The van der Waals surface area contributed by atoms with E-state index in [0.717, 1.165) is 58.1 Å². The molecule has 0 saturated carbocycles. The van der Waals surface area contributed by atoms with Gasteiger partial charge in [0.15, 0.2) is 5.96 Å². The summed E-state index contributed by atoms with van der Waals surface area (Å²) in [5.41, 5.74) is 0.123. The minimum atomic E-state index is 0.123. The van der Waals surface area contributed by atoms with Crippen molar-refractivity contribution >= 4 is 5.96 Å². The van der Waals surface area contributed by atoms with Crippen LogP contribution in [0.4, 0.5) is 0 Å². The molecule has 1 aromatic rings. The normalized spacial score (nSPS) is 23.3. The van der Waals surface area contributed by atoms with E-state index in [9.17, 15) is 0 Å². The van der Waals surface area contributed by atoms with Gasteiger partial charge in [0.1, 0.15) is 6.10 Å². The van der Waals surface area contributed by atoms with Crippen molar-refractivity contribution in [3.8, 4) is 5.88 Å². The van der Waals surface area contributed by atoms with Gasteiger partial charge in [-0.25, -0.2) is 4.98 Å². The van der Waals surface area contributed by atoms with Crippen molar-refractivity contribution in [1.29, 1.82) is 0 Å². The molecule has 1 unspecified atom stereocenters. The van der Waals surface area contributed by atoms with E-state index in [2.05, 4.69) is 39.2 Å². The number of aromatic nitrogens is 1. The minimum Gasteiger partial charge on any atom is -0.472 e. The van der Waals surface area contributed by atoms with Crippen molar-refractivity contribution in [2.45, 2.75) is 30.9 Å². The highest BCUT2D eigenvalue weighted by atomic mass is 16.5. The van der Waals surface area contributed by atoms with Gasteiger partial charge in [0.05, 0.1) is 6.54 Å². The Morgan fingerprint density at radius 3 is 2.88 bits per heavy atom. The number of nitrogens with one attached hydrogen (secondary N) is 1. The Bertz CT molecular complexity index is 587. The summed E-state index contributed by atoms with van der Waals surface area (Å²) in [5, 5.41) is 3.60. The highest BCUT2D eigenvalue weighted by Gasteiger charge is 2.36. The first kappa shape index (κ1) is 18.9. The SMILES string of the molecule is CN=C(NCC1(N(C)C)CCOCC1)N1CCC(Oc2ccccn2)C1. The molecule has 144 valence electrons. The van der Waals surface area contributed by atoms with Crippen molar-refractivity contribution < 1.29 is 9.47 Å². The average molecular weight is 361 g/mol. The molecule has 0 spiro atoms. The second-order valence-electron chi connectivity index (χ2n) is 7.27. The molecule has 3 rings (SSSR count). The number of guanidine groups is 1. The molecular formula is C19H31N5O2. The molecule has 2 aliphatic rings. The Morgan fingerprint density at radius 2 is 2.23 bits per heavy atom. The summed E-state index contributed by atoms with van der Waals surface area (Å²) in [5.74, 6) is 1.64. The van der Waals surface area contributed by atoms with Crippen molar-refractivity contribution in [3.05, 3.63) is 24.4 Å². The number of rotatable bonds is 5. The molecule has 1 N–H and O–H groups in total.